The Hall–Kier alpha value is -2.63. The molecule has 18 heavy (non-hydrogen) atoms. The number of nitrogens with zero attached hydrogens (tertiary/aromatic N) is 1. The van der Waals surface area contributed by atoms with Crippen LogP contribution in [0.25, 0.3) is 11.1 Å². The Morgan fingerprint density at radius 1 is 1.17 bits per heavy atom. The molecule has 0 heterocycles. The maximum atomic E-state index is 13.5. The molecule has 0 atom stereocenters. The van der Waals surface area contributed by atoms with Crippen LogP contribution in [-0.4, -0.2) is 4.92 Å². The zero-order valence-corrected chi connectivity index (χ0v) is 9.26. The summed E-state index contributed by atoms with van der Waals surface area (Å²) in [6, 6.07) is 9.76. The van der Waals surface area contributed by atoms with Gasteiger partial charge < -0.3 is 11.5 Å². The maximum Gasteiger partial charge on any atom is 0.303 e. The van der Waals surface area contributed by atoms with Gasteiger partial charge in [-0.1, -0.05) is 30.3 Å². The highest BCUT2D eigenvalue weighted by Crippen LogP contribution is 2.38. The van der Waals surface area contributed by atoms with E-state index in [0.717, 1.165) is 0 Å². The van der Waals surface area contributed by atoms with E-state index in [4.69, 9.17) is 11.5 Å². The molecule has 0 radical (unpaired) electrons. The highest BCUT2D eigenvalue weighted by atomic mass is 19.1. The fourth-order valence-corrected chi connectivity index (χ4v) is 1.73. The maximum absolute atomic E-state index is 13.5. The van der Waals surface area contributed by atoms with Crippen molar-refractivity contribution in [3.63, 3.8) is 0 Å². The van der Waals surface area contributed by atoms with Gasteiger partial charge in [0.05, 0.1) is 16.2 Å². The lowest BCUT2D eigenvalue weighted by molar-refractivity contribution is -0.383. The Kier molecular flexibility index (Phi) is 2.85. The van der Waals surface area contributed by atoms with Crippen LogP contribution >= 0.6 is 0 Å². The van der Waals surface area contributed by atoms with Crippen LogP contribution in [0.1, 0.15) is 0 Å². The molecule has 5 nitrogen and oxygen atoms in total. The minimum atomic E-state index is -0.957. The molecule has 92 valence electrons. The van der Waals surface area contributed by atoms with Crippen LogP contribution < -0.4 is 11.5 Å². The topological polar surface area (TPSA) is 95.2 Å². The third-order valence-electron chi connectivity index (χ3n) is 2.57. The first-order valence-corrected chi connectivity index (χ1v) is 5.09. The molecule has 0 unspecified atom stereocenters. The summed E-state index contributed by atoms with van der Waals surface area (Å²) >= 11 is 0. The first-order valence-electron chi connectivity index (χ1n) is 5.09. The molecular weight excluding hydrogens is 237 g/mol. The Morgan fingerprint density at radius 2 is 1.78 bits per heavy atom. The lowest BCUT2D eigenvalue weighted by Gasteiger charge is -2.08. The zero-order valence-electron chi connectivity index (χ0n) is 9.26. The molecule has 0 aliphatic rings. The van der Waals surface area contributed by atoms with Crippen LogP contribution in [0.4, 0.5) is 21.5 Å². The molecule has 0 saturated carbocycles. The van der Waals surface area contributed by atoms with E-state index in [1.165, 1.54) is 6.07 Å². The van der Waals surface area contributed by atoms with Crippen molar-refractivity contribution in [2.45, 2.75) is 0 Å². The molecule has 0 aliphatic carbocycles. The number of nitrogens with two attached hydrogens (primary N) is 2. The average Bonchev–Trinajstić information content (AvgIpc) is 2.36. The minimum absolute atomic E-state index is 0.206. The molecule has 0 aromatic heterocycles. The first kappa shape index (κ1) is 11.8. The van der Waals surface area contributed by atoms with Crippen molar-refractivity contribution in [2.24, 2.45) is 0 Å². The predicted octanol–water partition coefficient (Wildman–Crippen LogP) is 2.57. The Morgan fingerprint density at radius 3 is 2.33 bits per heavy atom. The molecule has 2 aromatic rings. The van der Waals surface area contributed by atoms with Crippen LogP contribution in [0.3, 0.4) is 0 Å². The van der Waals surface area contributed by atoms with Gasteiger partial charge in [0.15, 0.2) is 5.82 Å². The molecule has 4 N–H and O–H groups in total. The van der Waals surface area contributed by atoms with Crippen molar-refractivity contribution in [3.8, 4) is 11.1 Å². The van der Waals surface area contributed by atoms with Gasteiger partial charge in [-0.3, -0.25) is 10.1 Å². The summed E-state index contributed by atoms with van der Waals surface area (Å²) in [5, 5.41) is 11.0. The van der Waals surface area contributed by atoms with Crippen LogP contribution in [0.5, 0.6) is 0 Å². The summed E-state index contributed by atoms with van der Waals surface area (Å²) in [5.41, 5.74) is 10.4. The third kappa shape index (κ3) is 1.84. The van der Waals surface area contributed by atoms with Crippen molar-refractivity contribution in [1.29, 1.82) is 0 Å². The first-order chi connectivity index (χ1) is 8.52. The molecule has 2 aromatic carbocycles. The summed E-state index contributed by atoms with van der Waals surface area (Å²) < 4.78 is 13.5. The largest absolute Gasteiger partial charge is 0.396 e. The number of halogens is 1. The molecule has 6 heteroatoms. The van der Waals surface area contributed by atoms with Crippen molar-refractivity contribution in [2.75, 3.05) is 11.5 Å². The second kappa shape index (κ2) is 4.33. The van der Waals surface area contributed by atoms with Crippen molar-refractivity contribution < 1.29 is 9.31 Å². The molecule has 0 spiro atoms. The average molecular weight is 247 g/mol. The number of benzene rings is 2. The summed E-state index contributed by atoms with van der Waals surface area (Å²) in [7, 11) is 0. The van der Waals surface area contributed by atoms with E-state index in [1.54, 1.807) is 30.3 Å². The van der Waals surface area contributed by atoms with E-state index >= 15 is 0 Å². The van der Waals surface area contributed by atoms with Crippen LogP contribution in [-0.2, 0) is 0 Å². The standard InChI is InChI=1S/C12H10FN3O2/c13-10-9(14)6-8(7-4-2-1-3-5-7)12(11(10)15)16(17)18/h1-6H,14-15H2. The molecule has 0 amide bonds. The van der Waals surface area contributed by atoms with E-state index in [9.17, 15) is 14.5 Å². The number of rotatable bonds is 2. The van der Waals surface area contributed by atoms with Gasteiger partial charge in [0, 0.05) is 0 Å². The van der Waals surface area contributed by atoms with Crippen molar-refractivity contribution in [3.05, 3.63) is 52.3 Å². The lowest BCUT2D eigenvalue weighted by atomic mass is 10.0. The van der Waals surface area contributed by atoms with Crippen LogP contribution in [0.15, 0.2) is 36.4 Å². The fourth-order valence-electron chi connectivity index (χ4n) is 1.73. The van der Waals surface area contributed by atoms with Crippen molar-refractivity contribution >= 4 is 17.1 Å². The van der Waals surface area contributed by atoms with Gasteiger partial charge in [0.1, 0.15) is 5.69 Å². The normalized spacial score (nSPS) is 10.3. The zero-order chi connectivity index (χ0) is 13.3. The minimum Gasteiger partial charge on any atom is -0.396 e. The van der Waals surface area contributed by atoms with E-state index in [-0.39, 0.29) is 11.3 Å². The summed E-state index contributed by atoms with van der Waals surface area (Å²) in [6.07, 6.45) is 0. The molecule has 0 aliphatic heterocycles. The summed E-state index contributed by atoms with van der Waals surface area (Å²) in [5.74, 6) is -0.957. The Balaban J connectivity index is 2.78. The number of anilines is 2. The van der Waals surface area contributed by atoms with Gasteiger partial charge in [0.25, 0.3) is 0 Å². The Bertz CT molecular complexity index is 614. The third-order valence-corrected chi connectivity index (χ3v) is 2.57. The van der Waals surface area contributed by atoms with Crippen LogP contribution in [0, 0.1) is 15.9 Å². The van der Waals surface area contributed by atoms with Gasteiger partial charge in [-0.05, 0) is 11.6 Å². The van der Waals surface area contributed by atoms with E-state index < -0.39 is 22.1 Å². The summed E-state index contributed by atoms with van der Waals surface area (Å²) in [6.45, 7) is 0. The van der Waals surface area contributed by atoms with E-state index in [1.807, 2.05) is 0 Å². The van der Waals surface area contributed by atoms with Gasteiger partial charge in [-0.15, -0.1) is 0 Å². The molecule has 0 saturated heterocycles. The monoisotopic (exact) mass is 247 g/mol. The van der Waals surface area contributed by atoms with E-state index in [0.29, 0.717) is 5.56 Å². The second-order valence-corrected chi connectivity index (χ2v) is 3.71. The van der Waals surface area contributed by atoms with Gasteiger partial charge >= 0.3 is 5.69 Å². The lowest BCUT2D eigenvalue weighted by Crippen LogP contribution is -2.04. The van der Waals surface area contributed by atoms with Gasteiger partial charge in [0.2, 0.25) is 0 Å². The predicted molar refractivity (Wildman–Crippen MR) is 67.3 cm³/mol. The number of hydrogen-bond donors (Lipinski definition) is 2. The second-order valence-electron chi connectivity index (χ2n) is 3.71. The molecule has 2 rings (SSSR count). The number of nitro groups is 1. The molecular formula is C12H10FN3O2. The van der Waals surface area contributed by atoms with Gasteiger partial charge in [-0.2, -0.15) is 0 Å². The fraction of sp³-hybridized carbons (Fsp3) is 0. The van der Waals surface area contributed by atoms with Gasteiger partial charge in [-0.25, -0.2) is 4.39 Å². The SMILES string of the molecule is Nc1cc(-c2ccccc2)c([N+](=O)[O-])c(N)c1F. The quantitative estimate of drug-likeness (QED) is 0.484. The number of nitro benzene ring substituents is 1. The smallest absolute Gasteiger partial charge is 0.303 e. The van der Waals surface area contributed by atoms with E-state index in [2.05, 4.69) is 0 Å². The number of hydrogen-bond acceptors (Lipinski definition) is 4. The number of nitrogen functional groups attached to an aromatic ring is 2. The van der Waals surface area contributed by atoms with Crippen LogP contribution in [0.2, 0.25) is 0 Å². The summed E-state index contributed by atoms with van der Waals surface area (Å²) in [4.78, 5) is 10.3. The van der Waals surface area contributed by atoms with Crippen molar-refractivity contribution in [1.82, 2.24) is 0 Å². The Labute approximate surface area is 102 Å². The highest BCUT2D eigenvalue weighted by molar-refractivity contribution is 5.85. The highest BCUT2D eigenvalue weighted by Gasteiger charge is 2.24. The molecule has 0 bridgehead atoms. The molecule has 0 fully saturated rings.